The summed E-state index contributed by atoms with van der Waals surface area (Å²) < 4.78 is 31.7. The molecular formula is C17H17ClF2N2O3. The van der Waals surface area contributed by atoms with Crippen molar-refractivity contribution in [3.63, 3.8) is 0 Å². The molecule has 25 heavy (non-hydrogen) atoms. The van der Waals surface area contributed by atoms with Crippen LogP contribution in [0.2, 0.25) is 5.02 Å². The SMILES string of the molecule is CCOc1ccc(NC(=O)NCC(O)c2ccc(F)cc2F)cc1Cl. The molecular weight excluding hydrogens is 354 g/mol. The van der Waals surface area contributed by atoms with Gasteiger partial charge in [0, 0.05) is 23.9 Å². The standard InChI is InChI=1S/C17H17ClF2N2O3/c1-2-25-16-6-4-11(8-13(16)18)22-17(24)21-9-15(23)12-5-3-10(19)7-14(12)20/h3-8,15,23H,2,9H2,1H3,(H2,21,22,24). The number of carbonyl (C=O) groups is 1. The first-order chi connectivity index (χ1) is 11.9. The Morgan fingerprint density at radius 2 is 2.04 bits per heavy atom. The van der Waals surface area contributed by atoms with Crippen LogP contribution in [-0.2, 0) is 0 Å². The van der Waals surface area contributed by atoms with E-state index in [1.165, 1.54) is 6.07 Å². The zero-order valence-corrected chi connectivity index (χ0v) is 14.1. The molecule has 0 aliphatic carbocycles. The summed E-state index contributed by atoms with van der Waals surface area (Å²) in [5.41, 5.74) is 0.319. The monoisotopic (exact) mass is 370 g/mol. The molecule has 5 nitrogen and oxygen atoms in total. The number of aliphatic hydroxyl groups is 1. The average Bonchev–Trinajstić information content (AvgIpc) is 2.55. The fourth-order valence-electron chi connectivity index (χ4n) is 2.10. The Kier molecular flexibility index (Phi) is 6.55. The van der Waals surface area contributed by atoms with Gasteiger partial charge in [0.1, 0.15) is 17.4 Å². The lowest BCUT2D eigenvalue weighted by Crippen LogP contribution is -2.32. The molecule has 134 valence electrons. The van der Waals surface area contributed by atoms with Crippen molar-refractivity contribution < 1.29 is 23.4 Å². The van der Waals surface area contributed by atoms with Crippen LogP contribution in [0.5, 0.6) is 5.75 Å². The Morgan fingerprint density at radius 1 is 1.28 bits per heavy atom. The van der Waals surface area contributed by atoms with Crippen molar-refractivity contribution in [2.24, 2.45) is 0 Å². The van der Waals surface area contributed by atoms with E-state index in [9.17, 15) is 18.7 Å². The lowest BCUT2D eigenvalue weighted by atomic mass is 10.1. The van der Waals surface area contributed by atoms with E-state index in [2.05, 4.69) is 10.6 Å². The van der Waals surface area contributed by atoms with E-state index < -0.39 is 23.8 Å². The molecule has 0 fully saturated rings. The fraction of sp³-hybridized carbons (Fsp3) is 0.235. The molecule has 2 aromatic rings. The Hall–Kier alpha value is -2.38. The minimum Gasteiger partial charge on any atom is -0.492 e. The Morgan fingerprint density at radius 3 is 2.68 bits per heavy atom. The second-order valence-corrected chi connectivity index (χ2v) is 5.50. The highest BCUT2D eigenvalue weighted by Crippen LogP contribution is 2.27. The van der Waals surface area contributed by atoms with Crippen LogP contribution in [0, 0.1) is 11.6 Å². The summed E-state index contributed by atoms with van der Waals surface area (Å²) in [6.45, 7) is 2.04. The summed E-state index contributed by atoms with van der Waals surface area (Å²) >= 11 is 6.02. The molecule has 2 rings (SSSR count). The third-order valence-corrected chi connectivity index (χ3v) is 3.56. The van der Waals surface area contributed by atoms with Gasteiger partial charge < -0.3 is 20.5 Å². The number of hydrogen-bond donors (Lipinski definition) is 3. The largest absolute Gasteiger partial charge is 0.492 e. The number of rotatable bonds is 6. The van der Waals surface area contributed by atoms with Crippen LogP contribution in [0.15, 0.2) is 36.4 Å². The van der Waals surface area contributed by atoms with Crippen LogP contribution >= 0.6 is 11.6 Å². The number of ether oxygens (including phenoxy) is 1. The number of aliphatic hydroxyl groups excluding tert-OH is 1. The molecule has 0 heterocycles. The number of anilines is 1. The van der Waals surface area contributed by atoms with Gasteiger partial charge >= 0.3 is 6.03 Å². The molecule has 0 aromatic heterocycles. The molecule has 0 radical (unpaired) electrons. The molecule has 3 N–H and O–H groups in total. The minimum absolute atomic E-state index is 0.106. The van der Waals surface area contributed by atoms with Crippen molar-refractivity contribution in [3.8, 4) is 5.75 Å². The van der Waals surface area contributed by atoms with Gasteiger partial charge in [-0.15, -0.1) is 0 Å². The highest BCUT2D eigenvalue weighted by atomic mass is 35.5. The zero-order valence-electron chi connectivity index (χ0n) is 13.4. The maximum absolute atomic E-state index is 13.6. The van der Waals surface area contributed by atoms with Crippen LogP contribution in [0.1, 0.15) is 18.6 Å². The van der Waals surface area contributed by atoms with Crippen molar-refractivity contribution in [2.45, 2.75) is 13.0 Å². The van der Waals surface area contributed by atoms with E-state index in [1.807, 2.05) is 6.92 Å². The number of amides is 2. The molecule has 0 saturated heterocycles. The molecule has 2 aromatic carbocycles. The molecule has 0 aliphatic rings. The molecule has 0 aliphatic heterocycles. The Bertz CT molecular complexity index is 759. The van der Waals surface area contributed by atoms with Crippen molar-refractivity contribution in [2.75, 3.05) is 18.5 Å². The van der Waals surface area contributed by atoms with Crippen LogP contribution in [0.3, 0.4) is 0 Å². The van der Waals surface area contributed by atoms with Crippen molar-refractivity contribution >= 4 is 23.3 Å². The van der Waals surface area contributed by atoms with Crippen molar-refractivity contribution in [1.29, 1.82) is 0 Å². The number of carbonyl (C=O) groups excluding carboxylic acids is 1. The van der Waals surface area contributed by atoms with Gasteiger partial charge in [-0.2, -0.15) is 0 Å². The minimum atomic E-state index is -1.31. The highest BCUT2D eigenvalue weighted by Gasteiger charge is 2.15. The summed E-state index contributed by atoms with van der Waals surface area (Å²) in [5, 5.41) is 15.2. The van der Waals surface area contributed by atoms with Gasteiger partial charge in [-0.3, -0.25) is 0 Å². The molecule has 0 spiro atoms. The molecule has 1 atom stereocenters. The van der Waals surface area contributed by atoms with E-state index in [0.29, 0.717) is 29.1 Å². The molecule has 0 bridgehead atoms. The topological polar surface area (TPSA) is 70.6 Å². The fourth-order valence-corrected chi connectivity index (χ4v) is 2.33. The highest BCUT2D eigenvalue weighted by molar-refractivity contribution is 6.32. The van der Waals surface area contributed by atoms with Crippen LogP contribution in [-0.4, -0.2) is 24.3 Å². The van der Waals surface area contributed by atoms with Gasteiger partial charge in [-0.25, -0.2) is 13.6 Å². The van der Waals surface area contributed by atoms with Gasteiger partial charge in [0.15, 0.2) is 0 Å². The van der Waals surface area contributed by atoms with Crippen LogP contribution in [0.25, 0.3) is 0 Å². The van der Waals surface area contributed by atoms with Gasteiger partial charge in [-0.1, -0.05) is 17.7 Å². The second-order valence-electron chi connectivity index (χ2n) is 5.09. The predicted molar refractivity (Wildman–Crippen MR) is 91.0 cm³/mol. The lowest BCUT2D eigenvalue weighted by molar-refractivity contribution is 0.170. The maximum Gasteiger partial charge on any atom is 0.319 e. The van der Waals surface area contributed by atoms with E-state index >= 15 is 0 Å². The maximum atomic E-state index is 13.6. The Labute approximate surface area is 148 Å². The van der Waals surface area contributed by atoms with Crippen molar-refractivity contribution in [1.82, 2.24) is 5.32 Å². The normalized spacial score (nSPS) is 11.7. The van der Waals surface area contributed by atoms with Crippen molar-refractivity contribution in [3.05, 3.63) is 58.6 Å². The number of urea groups is 1. The molecule has 1 unspecified atom stereocenters. The van der Waals surface area contributed by atoms with Gasteiger partial charge in [0.2, 0.25) is 0 Å². The average molecular weight is 371 g/mol. The van der Waals surface area contributed by atoms with Crippen LogP contribution in [0.4, 0.5) is 19.3 Å². The Balaban J connectivity index is 1.91. The molecule has 8 heteroatoms. The summed E-state index contributed by atoms with van der Waals surface area (Å²) in [4.78, 5) is 11.8. The van der Waals surface area contributed by atoms with E-state index in [-0.39, 0.29) is 12.1 Å². The summed E-state index contributed by atoms with van der Waals surface area (Å²) in [5.74, 6) is -1.13. The first kappa shape index (κ1) is 19.0. The summed E-state index contributed by atoms with van der Waals surface area (Å²) in [6.07, 6.45) is -1.31. The first-order valence-corrected chi connectivity index (χ1v) is 7.88. The van der Waals surface area contributed by atoms with Crippen LogP contribution < -0.4 is 15.4 Å². The molecule has 0 saturated carbocycles. The third kappa shape index (κ3) is 5.30. The quantitative estimate of drug-likeness (QED) is 0.722. The number of halogens is 3. The summed E-state index contributed by atoms with van der Waals surface area (Å²) in [6, 6.07) is 6.95. The van der Waals surface area contributed by atoms with E-state index in [1.54, 1.807) is 12.1 Å². The number of nitrogens with one attached hydrogen (secondary N) is 2. The predicted octanol–water partition coefficient (Wildman–Crippen LogP) is 3.87. The van der Waals surface area contributed by atoms with E-state index in [4.69, 9.17) is 16.3 Å². The first-order valence-electron chi connectivity index (χ1n) is 7.51. The number of hydrogen-bond acceptors (Lipinski definition) is 3. The zero-order chi connectivity index (χ0) is 18.4. The smallest absolute Gasteiger partial charge is 0.319 e. The second kappa shape index (κ2) is 8.64. The lowest BCUT2D eigenvalue weighted by Gasteiger charge is -2.14. The van der Waals surface area contributed by atoms with E-state index in [0.717, 1.165) is 12.1 Å². The van der Waals surface area contributed by atoms with Gasteiger partial charge in [-0.05, 0) is 31.2 Å². The third-order valence-electron chi connectivity index (χ3n) is 3.27. The van der Waals surface area contributed by atoms with Gasteiger partial charge in [0.25, 0.3) is 0 Å². The van der Waals surface area contributed by atoms with Gasteiger partial charge in [0.05, 0.1) is 17.7 Å². The summed E-state index contributed by atoms with van der Waals surface area (Å²) in [7, 11) is 0. The molecule has 2 amide bonds. The number of benzene rings is 2.